The molecule has 1 amide bonds. The number of hydrogen-bond donors (Lipinski definition) is 2. The summed E-state index contributed by atoms with van der Waals surface area (Å²) in [4.78, 5) is 11.9. The zero-order valence-electron chi connectivity index (χ0n) is 9.54. The Balaban J connectivity index is 1.65. The first kappa shape index (κ1) is 12.6. The summed E-state index contributed by atoms with van der Waals surface area (Å²) in [6, 6.07) is 0.0648. The molecule has 3 nitrogen and oxygen atoms in total. The van der Waals surface area contributed by atoms with Crippen molar-refractivity contribution < 1.29 is 4.79 Å². The van der Waals surface area contributed by atoms with Crippen LogP contribution in [0, 0.1) is 0 Å². The maximum absolute atomic E-state index is 11.9. The molecule has 0 aliphatic carbocycles. The molecule has 2 saturated heterocycles. The highest BCUT2D eigenvalue weighted by molar-refractivity contribution is 8.06. The first-order chi connectivity index (χ1) is 7.86. The minimum Gasteiger partial charge on any atom is -0.354 e. The fourth-order valence-corrected chi connectivity index (χ4v) is 4.68. The van der Waals surface area contributed by atoms with Gasteiger partial charge in [0, 0.05) is 29.1 Å². The van der Waals surface area contributed by atoms with Gasteiger partial charge >= 0.3 is 0 Å². The highest BCUT2D eigenvalue weighted by Gasteiger charge is 2.21. The van der Waals surface area contributed by atoms with Crippen LogP contribution in [0.25, 0.3) is 0 Å². The van der Waals surface area contributed by atoms with Gasteiger partial charge < -0.3 is 10.6 Å². The highest BCUT2D eigenvalue weighted by Crippen LogP contribution is 2.23. The van der Waals surface area contributed by atoms with Crippen molar-refractivity contribution in [3.8, 4) is 0 Å². The molecule has 0 aromatic rings. The molecule has 92 valence electrons. The predicted octanol–water partition coefficient (Wildman–Crippen LogP) is 1.09. The lowest BCUT2D eigenvalue weighted by Gasteiger charge is -2.25. The average Bonchev–Trinajstić information content (AvgIpc) is 2.38. The Hall–Kier alpha value is 0.130. The molecule has 0 saturated carbocycles. The zero-order chi connectivity index (χ0) is 11.2. The lowest BCUT2D eigenvalue weighted by atomic mass is 10.0. The molecule has 0 aromatic carbocycles. The van der Waals surface area contributed by atoms with Gasteiger partial charge in [-0.15, -0.1) is 0 Å². The SMILES string of the molecule is O=C(NCC1CSCCS1)[C@@H]1CCCCN1. The number of piperidine rings is 1. The molecule has 2 aliphatic heterocycles. The van der Waals surface area contributed by atoms with Gasteiger partial charge in [-0.25, -0.2) is 0 Å². The van der Waals surface area contributed by atoms with Crippen LogP contribution in [-0.4, -0.2) is 47.5 Å². The number of carbonyl (C=O) groups excluding carboxylic acids is 1. The first-order valence-corrected chi connectivity index (χ1v) is 8.27. The van der Waals surface area contributed by atoms with Crippen LogP contribution >= 0.6 is 23.5 Å². The van der Waals surface area contributed by atoms with Crippen LogP contribution in [0.4, 0.5) is 0 Å². The van der Waals surface area contributed by atoms with Gasteiger partial charge in [-0.2, -0.15) is 23.5 Å². The minimum absolute atomic E-state index is 0.0648. The molecule has 2 atom stereocenters. The summed E-state index contributed by atoms with van der Waals surface area (Å²) >= 11 is 4.00. The van der Waals surface area contributed by atoms with Gasteiger partial charge in [0.15, 0.2) is 0 Å². The summed E-state index contributed by atoms with van der Waals surface area (Å²) < 4.78 is 0. The smallest absolute Gasteiger partial charge is 0.237 e. The molecule has 0 bridgehead atoms. The second kappa shape index (κ2) is 6.77. The van der Waals surface area contributed by atoms with E-state index in [9.17, 15) is 4.79 Å². The fourth-order valence-electron chi connectivity index (χ4n) is 2.07. The van der Waals surface area contributed by atoms with Gasteiger partial charge in [0.05, 0.1) is 6.04 Å². The van der Waals surface area contributed by atoms with Crippen LogP contribution in [0.1, 0.15) is 19.3 Å². The summed E-state index contributed by atoms with van der Waals surface area (Å²) in [5.41, 5.74) is 0. The summed E-state index contributed by atoms with van der Waals surface area (Å²) in [6.45, 7) is 1.83. The van der Waals surface area contributed by atoms with Gasteiger partial charge in [-0.1, -0.05) is 6.42 Å². The Morgan fingerprint density at radius 1 is 1.38 bits per heavy atom. The molecule has 2 heterocycles. The fraction of sp³-hybridized carbons (Fsp3) is 0.909. The van der Waals surface area contributed by atoms with Crippen molar-refractivity contribution in [1.82, 2.24) is 10.6 Å². The number of nitrogens with one attached hydrogen (secondary N) is 2. The quantitative estimate of drug-likeness (QED) is 0.797. The van der Waals surface area contributed by atoms with Crippen molar-refractivity contribution in [3.63, 3.8) is 0 Å². The Morgan fingerprint density at radius 3 is 3.00 bits per heavy atom. The first-order valence-electron chi connectivity index (χ1n) is 6.07. The number of hydrogen-bond acceptors (Lipinski definition) is 4. The topological polar surface area (TPSA) is 41.1 Å². The normalized spacial score (nSPS) is 31.0. The van der Waals surface area contributed by atoms with E-state index < -0.39 is 0 Å². The second-order valence-electron chi connectivity index (χ2n) is 4.32. The molecule has 0 aromatic heterocycles. The molecule has 2 fully saturated rings. The van der Waals surface area contributed by atoms with Gasteiger partial charge in [0.1, 0.15) is 0 Å². The number of rotatable bonds is 3. The van der Waals surface area contributed by atoms with E-state index >= 15 is 0 Å². The Labute approximate surface area is 106 Å². The molecule has 2 rings (SSSR count). The standard InChI is InChI=1S/C11H20N2OS2/c14-11(10-3-1-2-4-12-10)13-7-9-8-15-5-6-16-9/h9-10,12H,1-8H2,(H,13,14)/t9?,10-/m0/s1. The molecule has 2 N–H and O–H groups in total. The van der Waals surface area contributed by atoms with Crippen molar-refractivity contribution in [1.29, 1.82) is 0 Å². The highest BCUT2D eigenvalue weighted by atomic mass is 32.2. The third-order valence-electron chi connectivity index (χ3n) is 3.02. The summed E-state index contributed by atoms with van der Waals surface area (Å²) in [6.07, 6.45) is 3.39. The Bertz CT molecular complexity index is 226. The van der Waals surface area contributed by atoms with E-state index in [2.05, 4.69) is 10.6 Å². The summed E-state index contributed by atoms with van der Waals surface area (Å²) in [5, 5.41) is 6.99. The molecule has 5 heteroatoms. The van der Waals surface area contributed by atoms with Crippen LogP contribution in [0.3, 0.4) is 0 Å². The van der Waals surface area contributed by atoms with Gasteiger partial charge in [-0.05, 0) is 19.4 Å². The maximum Gasteiger partial charge on any atom is 0.237 e. The third kappa shape index (κ3) is 3.86. The average molecular weight is 260 g/mol. The molecular weight excluding hydrogens is 240 g/mol. The molecule has 0 radical (unpaired) electrons. The Morgan fingerprint density at radius 2 is 2.31 bits per heavy atom. The molecule has 16 heavy (non-hydrogen) atoms. The summed E-state index contributed by atoms with van der Waals surface area (Å²) in [5.74, 6) is 3.88. The van der Waals surface area contributed by atoms with Crippen LogP contribution in [0.5, 0.6) is 0 Å². The van der Waals surface area contributed by atoms with E-state index in [0.717, 1.165) is 19.5 Å². The monoisotopic (exact) mass is 260 g/mol. The van der Waals surface area contributed by atoms with Crippen molar-refractivity contribution in [2.24, 2.45) is 0 Å². The lowest BCUT2D eigenvalue weighted by Crippen LogP contribution is -2.48. The van der Waals surface area contributed by atoms with E-state index in [1.54, 1.807) is 0 Å². The molecule has 0 spiro atoms. The molecular formula is C11H20N2OS2. The maximum atomic E-state index is 11.9. The van der Waals surface area contributed by atoms with Crippen LogP contribution in [-0.2, 0) is 4.79 Å². The predicted molar refractivity (Wildman–Crippen MR) is 72.2 cm³/mol. The van der Waals surface area contributed by atoms with Gasteiger partial charge in [-0.3, -0.25) is 4.79 Å². The second-order valence-corrected chi connectivity index (χ2v) is 6.87. The van der Waals surface area contributed by atoms with E-state index in [4.69, 9.17) is 0 Å². The van der Waals surface area contributed by atoms with E-state index in [0.29, 0.717) is 5.25 Å². The molecule has 2 aliphatic rings. The third-order valence-corrected chi connectivity index (χ3v) is 5.86. The zero-order valence-corrected chi connectivity index (χ0v) is 11.2. The van der Waals surface area contributed by atoms with Crippen LogP contribution < -0.4 is 10.6 Å². The molecule has 1 unspecified atom stereocenters. The number of carbonyl (C=O) groups is 1. The van der Waals surface area contributed by atoms with Gasteiger partial charge in [0.2, 0.25) is 5.91 Å². The van der Waals surface area contributed by atoms with Crippen molar-refractivity contribution >= 4 is 29.4 Å². The van der Waals surface area contributed by atoms with Crippen LogP contribution in [0.15, 0.2) is 0 Å². The van der Waals surface area contributed by atoms with Crippen LogP contribution in [0.2, 0.25) is 0 Å². The van der Waals surface area contributed by atoms with Crippen molar-refractivity contribution in [3.05, 3.63) is 0 Å². The number of amides is 1. The van der Waals surface area contributed by atoms with Gasteiger partial charge in [0.25, 0.3) is 0 Å². The number of thioether (sulfide) groups is 2. The van der Waals surface area contributed by atoms with E-state index in [1.807, 2.05) is 23.5 Å². The van der Waals surface area contributed by atoms with E-state index in [-0.39, 0.29) is 11.9 Å². The van der Waals surface area contributed by atoms with E-state index in [1.165, 1.54) is 30.1 Å². The minimum atomic E-state index is 0.0648. The summed E-state index contributed by atoms with van der Waals surface area (Å²) in [7, 11) is 0. The van der Waals surface area contributed by atoms with Crippen molar-refractivity contribution in [2.45, 2.75) is 30.6 Å². The van der Waals surface area contributed by atoms with Crippen molar-refractivity contribution in [2.75, 3.05) is 30.3 Å². The lowest BCUT2D eigenvalue weighted by molar-refractivity contribution is -0.123. The largest absolute Gasteiger partial charge is 0.354 e. The Kier molecular flexibility index (Phi) is 5.32.